The van der Waals surface area contributed by atoms with Crippen LogP contribution in [0.3, 0.4) is 0 Å². The number of nitrogens with two attached hydrogens (primary N) is 1. The number of aliphatic carboxylic acids is 1. The van der Waals surface area contributed by atoms with Gasteiger partial charge in [-0.05, 0) is 33.3 Å². The molecule has 0 radical (unpaired) electrons. The van der Waals surface area contributed by atoms with Crippen LogP contribution in [0.4, 0.5) is 5.13 Å². The van der Waals surface area contributed by atoms with E-state index in [0.717, 1.165) is 16.4 Å². The fourth-order valence-electron chi connectivity index (χ4n) is 3.08. The van der Waals surface area contributed by atoms with Gasteiger partial charge in [-0.1, -0.05) is 17.8 Å². The van der Waals surface area contributed by atoms with Crippen LogP contribution >= 0.6 is 23.3 Å². The summed E-state index contributed by atoms with van der Waals surface area (Å²) in [6.45, 7) is 10.0. The Kier molecular flexibility index (Phi) is 7.50. The highest BCUT2D eigenvalue weighted by molar-refractivity contribution is 8.00. The fraction of sp³-hybridized carbons (Fsp3) is 0.450. The van der Waals surface area contributed by atoms with Crippen LogP contribution < -0.4 is 11.1 Å². The quantitative estimate of drug-likeness (QED) is 0.186. The molecule has 0 bridgehead atoms. The molecule has 2 unspecified atom stereocenters. The molecule has 3 heterocycles. The summed E-state index contributed by atoms with van der Waals surface area (Å²) in [5.74, 6) is -3.32. The number of aromatic nitrogens is 2. The van der Waals surface area contributed by atoms with Gasteiger partial charge in [-0.3, -0.25) is 14.5 Å². The lowest BCUT2D eigenvalue weighted by Crippen LogP contribution is -2.71. The molecule has 0 saturated carbocycles. The van der Waals surface area contributed by atoms with E-state index >= 15 is 0 Å². The smallest absolute Gasteiger partial charge is 0.352 e. The number of oxime groups is 1. The maximum absolute atomic E-state index is 13.0. The lowest BCUT2D eigenvalue weighted by atomic mass is 10.0. The number of nitrogens with zero attached hydrogens (tertiary/aromatic N) is 4. The number of nitrogens with one attached hydrogen (secondary N) is 1. The lowest BCUT2D eigenvalue weighted by molar-refractivity contribution is -0.167. The maximum atomic E-state index is 13.0. The maximum Gasteiger partial charge on any atom is 0.352 e. The number of fused-ring (bicyclic) bond motifs is 1. The minimum absolute atomic E-state index is 0.0580. The number of rotatable bonds is 8. The number of anilines is 1. The number of β-lactam (4-membered cyclic amide) rings is 1. The number of hydrogen-bond acceptors (Lipinski definition) is 12. The summed E-state index contributed by atoms with van der Waals surface area (Å²) in [4.78, 5) is 59.8. The molecule has 4 N–H and O–H groups in total. The molecule has 0 aliphatic carbocycles. The SMILES string of the molecule is C=CC1=C(C(=O)O)N2C(=O)C(NC(=O)/C(=N\OC(C)C(=O)OC(C)(C)C)c3nsc(N)n3)[C@H]2SC1. The second-order valence-corrected chi connectivity index (χ2v) is 10.3. The number of carboxylic acid groups (broad SMARTS) is 1. The van der Waals surface area contributed by atoms with Crippen molar-refractivity contribution in [3.8, 4) is 0 Å². The van der Waals surface area contributed by atoms with Gasteiger partial charge in [-0.25, -0.2) is 9.59 Å². The molecule has 13 nitrogen and oxygen atoms in total. The molecule has 1 aromatic heterocycles. The number of ether oxygens (including phenoxy) is 1. The van der Waals surface area contributed by atoms with E-state index in [1.54, 1.807) is 20.8 Å². The number of allylic oxidation sites excluding steroid dienone is 1. The van der Waals surface area contributed by atoms with Crippen LogP contribution in [-0.4, -0.2) is 77.7 Å². The van der Waals surface area contributed by atoms with Crippen molar-refractivity contribution in [1.82, 2.24) is 19.6 Å². The standard InChI is InChI=1S/C20H24N6O7S2/c1-6-9-7-34-16-11(15(28)26(16)12(9)17(29)30)22-14(27)10(13-23-19(21)35-25-13)24-33-8(2)18(31)32-20(3,4)5/h6,8,11,16H,1,7H2,2-5H3,(H,22,27)(H,29,30)(H2,21,23,25)/b24-10-/t8?,11?,16-/m1/s1. The fourth-order valence-corrected chi connectivity index (χ4v) is 4.86. The molecule has 1 aromatic rings. The van der Waals surface area contributed by atoms with Crippen LogP contribution in [0.1, 0.15) is 33.5 Å². The summed E-state index contributed by atoms with van der Waals surface area (Å²) in [7, 11) is 0. The highest BCUT2D eigenvalue weighted by atomic mass is 32.2. The third kappa shape index (κ3) is 5.62. The summed E-state index contributed by atoms with van der Waals surface area (Å²) in [6, 6.07) is -1.03. The number of amides is 2. The van der Waals surface area contributed by atoms with Gasteiger partial charge in [-0.15, -0.1) is 11.8 Å². The zero-order valence-corrected chi connectivity index (χ0v) is 20.9. The zero-order chi connectivity index (χ0) is 26.1. The second-order valence-electron chi connectivity index (χ2n) is 8.42. The highest BCUT2D eigenvalue weighted by Gasteiger charge is 2.54. The summed E-state index contributed by atoms with van der Waals surface area (Å²) in [5.41, 5.74) is 4.68. The number of nitrogen functional groups attached to an aromatic ring is 1. The van der Waals surface area contributed by atoms with E-state index in [1.807, 2.05) is 0 Å². The van der Waals surface area contributed by atoms with E-state index in [2.05, 4.69) is 26.4 Å². The molecule has 2 aliphatic rings. The van der Waals surface area contributed by atoms with Gasteiger partial charge in [0.2, 0.25) is 17.6 Å². The monoisotopic (exact) mass is 524 g/mol. The second kappa shape index (κ2) is 10.0. The van der Waals surface area contributed by atoms with Crippen molar-refractivity contribution >= 4 is 57.9 Å². The molecule has 2 amide bonds. The van der Waals surface area contributed by atoms with Gasteiger partial charge in [0.1, 0.15) is 22.7 Å². The van der Waals surface area contributed by atoms with Gasteiger partial charge >= 0.3 is 11.9 Å². The van der Waals surface area contributed by atoms with Crippen molar-refractivity contribution in [3.05, 3.63) is 29.7 Å². The average molecular weight is 525 g/mol. The van der Waals surface area contributed by atoms with Crippen molar-refractivity contribution in [3.63, 3.8) is 0 Å². The minimum Gasteiger partial charge on any atom is -0.477 e. The Morgan fingerprint density at radius 2 is 2.09 bits per heavy atom. The molecule has 15 heteroatoms. The first kappa shape index (κ1) is 26.2. The number of thioether (sulfide) groups is 1. The Morgan fingerprint density at radius 3 is 2.63 bits per heavy atom. The zero-order valence-electron chi connectivity index (χ0n) is 19.3. The molecule has 3 rings (SSSR count). The predicted molar refractivity (Wildman–Crippen MR) is 127 cm³/mol. The van der Waals surface area contributed by atoms with Crippen LogP contribution in [0.15, 0.2) is 29.1 Å². The number of hydrogen-bond donors (Lipinski definition) is 3. The van der Waals surface area contributed by atoms with Crippen LogP contribution in [-0.2, 0) is 28.8 Å². The van der Waals surface area contributed by atoms with Crippen molar-refractivity contribution < 1.29 is 33.9 Å². The first-order valence-corrected chi connectivity index (χ1v) is 12.1. The minimum atomic E-state index is -1.27. The van der Waals surface area contributed by atoms with Gasteiger partial charge < -0.3 is 25.7 Å². The van der Waals surface area contributed by atoms with Gasteiger partial charge in [0, 0.05) is 17.3 Å². The average Bonchev–Trinajstić information content (AvgIpc) is 3.20. The van der Waals surface area contributed by atoms with Crippen molar-refractivity contribution in [2.24, 2.45) is 5.16 Å². The van der Waals surface area contributed by atoms with Gasteiger partial charge in [0.15, 0.2) is 5.13 Å². The Bertz CT molecular complexity index is 1140. The van der Waals surface area contributed by atoms with Gasteiger partial charge in [0.05, 0.1) is 0 Å². The van der Waals surface area contributed by atoms with Crippen LogP contribution in [0.5, 0.6) is 0 Å². The molecule has 188 valence electrons. The van der Waals surface area contributed by atoms with Crippen LogP contribution in [0.2, 0.25) is 0 Å². The molecular formula is C20H24N6O7S2. The highest BCUT2D eigenvalue weighted by Crippen LogP contribution is 2.40. The Balaban J connectivity index is 1.79. The van der Waals surface area contributed by atoms with E-state index in [4.69, 9.17) is 15.3 Å². The van der Waals surface area contributed by atoms with Gasteiger partial charge in [-0.2, -0.15) is 9.36 Å². The number of carbonyl (C=O) groups excluding carboxylic acids is 3. The molecule has 0 spiro atoms. The first-order valence-electron chi connectivity index (χ1n) is 10.2. The number of carboxylic acids is 1. The van der Waals surface area contributed by atoms with Crippen molar-refractivity contribution in [2.45, 2.75) is 50.8 Å². The number of carbonyl (C=O) groups is 4. The summed E-state index contributed by atoms with van der Waals surface area (Å²) >= 11 is 2.09. The summed E-state index contributed by atoms with van der Waals surface area (Å²) in [6.07, 6.45) is 0.223. The third-order valence-corrected chi connectivity index (χ3v) is 6.49. The van der Waals surface area contributed by atoms with Crippen molar-refractivity contribution in [1.29, 1.82) is 0 Å². The summed E-state index contributed by atoms with van der Waals surface area (Å²) in [5, 5.41) is 15.2. The van der Waals surface area contributed by atoms with Crippen LogP contribution in [0, 0.1) is 0 Å². The van der Waals surface area contributed by atoms with Gasteiger partial charge in [0.25, 0.3) is 11.8 Å². The van der Waals surface area contributed by atoms with E-state index in [-0.39, 0.29) is 16.7 Å². The topological polar surface area (TPSA) is 186 Å². The molecule has 2 aliphatic heterocycles. The van der Waals surface area contributed by atoms with E-state index < -0.39 is 52.6 Å². The molecular weight excluding hydrogens is 500 g/mol. The molecule has 35 heavy (non-hydrogen) atoms. The van der Waals surface area contributed by atoms with E-state index in [0.29, 0.717) is 11.3 Å². The lowest BCUT2D eigenvalue weighted by Gasteiger charge is -2.49. The first-order chi connectivity index (χ1) is 16.3. The predicted octanol–water partition coefficient (Wildman–Crippen LogP) is 0.496. The summed E-state index contributed by atoms with van der Waals surface area (Å²) < 4.78 is 9.17. The molecule has 3 atom stereocenters. The third-order valence-electron chi connectivity index (χ3n) is 4.64. The Labute approximate surface area is 208 Å². The Hall–Kier alpha value is -3.46. The van der Waals surface area contributed by atoms with E-state index in [1.165, 1.54) is 24.8 Å². The molecule has 1 saturated heterocycles. The molecule has 0 aromatic carbocycles. The van der Waals surface area contributed by atoms with Crippen LogP contribution in [0.25, 0.3) is 0 Å². The number of esters is 1. The normalized spacial score (nSPS) is 21.0. The largest absolute Gasteiger partial charge is 0.477 e. The Morgan fingerprint density at radius 1 is 1.40 bits per heavy atom. The van der Waals surface area contributed by atoms with Crippen molar-refractivity contribution in [2.75, 3.05) is 11.5 Å². The van der Waals surface area contributed by atoms with E-state index in [9.17, 15) is 24.3 Å². The molecule has 1 fully saturated rings.